The second kappa shape index (κ2) is 13.5. The van der Waals surface area contributed by atoms with Crippen molar-refractivity contribution in [2.75, 3.05) is 13.2 Å². The maximum absolute atomic E-state index is 13.0. The lowest BCUT2D eigenvalue weighted by Gasteiger charge is -2.34. The van der Waals surface area contributed by atoms with E-state index in [4.69, 9.17) is 15.9 Å². The highest BCUT2D eigenvalue weighted by Gasteiger charge is 2.51. The summed E-state index contributed by atoms with van der Waals surface area (Å²) < 4.78 is 10.2. The fraction of sp³-hybridized carbons (Fsp3) is 0.472. The Morgan fingerprint density at radius 3 is 1.60 bits per heavy atom. The van der Waals surface area contributed by atoms with Gasteiger partial charge >= 0.3 is 11.9 Å². The number of ketones is 3. The number of terminal acetylenes is 1. The first kappa shape index (κ1) is 33.5. The van der Waals surface area contributed by atoms with Gasteiger partial charge in [0.15, 0.2) is 11.6 Å². The van der Waals surface area contributed by atoms with Gasteiger partial charge in [0, 0.05) is 24.0 Å². The molecule has 7 heteroatoms. The number of carbonyl (C=O) groups excluding carboxylic acids is 5. The second-order valence-corrected chi connectivity index (χ2v) is 11.7. The third-order valence-corrected chi connectivity index (χ3v) is 8.48. The molecule has 7 nitrogen and oxygen atoms in total. The predicted molar refractivity (Wildman–Crippen MR) is 164 cm³/mol. The van der Waals surface area contributed by atoms with Crippen molar-refractivity contribution in [3.05, 3.63) is 68.8 Å². The minimum Gasteiger partial charge on any atom is -0.465 e. The number of Topliss-reactive ketones (excluding diaryl/α,β-unsaturated/α-hetero) is 3. The van der Waals surface area contributed by atoms with Crippen molar-refractivity contribution in [3.8, 4) is 12.3 Å². The van der Waals surface area contributed by atoms with Gasteiger partial charge in [0.05, 0.1) is 13.2 Å². The highest BCUT2D eigenvalue weighted by Crippen LogP contribution is 2.42. The van der Waals surface area contributed by atoms with E-state index in [1.54, 1.807) is 13.8 Å². The van der Waals surface area contributed by atoms with Crippen molar-refractivity contribution >= 4 is 29.3 Å². The summed E-state index contributed by atoms with van der Waals surface area (Å²) in [6.45, 7) is 13.1. The third kappa shape index (κ3) is 6.49. The molecule has 0 heterocycles. The van der Waals surface area contributed by atoms with Gasteiger partial charge in [0.2, 0.25) is 0 Å². The molecule has 2 aromatic carbocycles. The number of aryl methyl sites for hydroxylation is 4. The van der Waals surface area contributed by atoms with Crippen LogP contribution in [0.4, 0.5) is 0 Å². The summed E-state index contributed by atoms with van der Waals surface area (Å²) in [5, 5.41) is 0. The van der Waals surface area contributed by atoms with E-state index in [1.165, 1.54) is 6.92 Å². The third-order valence-electron chi connectivity index (χ3n) is 8.48. The number of esters is 2. The van der Waals surface area contributed by atoms with E-state index in [0.29, 0.717) is 36.8 Å². The fourth-order valence-electron chi connectivity index (χ4n) is 6.49. The Hall–Kier alpha value is -4.05. The molecule has 2 aromatic rings. The second-order valence-electron chi connectivity index (χ2n) is 11.7. The highest BCUT2D eigenvalue weighted by molar-refractivity contribution is 6.16. The van der Waals surface area contributed by atoms with Crippen molar-refractivity contribution in [1.29, 1.82) is 0 Å². The molecule has 4 rings (SSSR count). The van der Waals surface area contributed by atoms with Gasteiger partial charge in [-0.1, -0.05) is 23.3 Å². The molecule has 0 N–H and O–H groups in total. The van der Waals surface area contributed by atoms with Crippen LogP contribution >= 0.6 is 0 Å². The van der Waals surface area contributed by atoms with E-state index in [0.717, 1.165) is 33.4 Å². The van der Waals surface area contributed by atoms with E-state index < -0.39 is 22.8 Å². The number of benzene rings is 2. The molecular weight excluding hydrogens is 544 g/mol. The Kier molecular flexibility index (Phi) is 10.5. The number of hydrogen-bond acceptors (Lipinski definition) is 7. The zero-order valence-electron chi connectivity index (χ0n) is 26.4. The summed E-state index contributed by atoms with van der Waals surface area (Å²) in [5.41, 5.74) is 4.79. The summed E-state index contributed by atoms with van der Waals surface area (Å²) in [7, 11) is 0. The van der Waals surface area contributed by atoms with Crippen LogP contribution < -0.4 is 0 Å². The predicted octanol–water partition coefficient (Wildman–Crippen LogP) is 5.97. The molecular formula is C36H42O7. The van der Waals surface area contributed by atoms with Gasteiger partial charge in [0.1, 0.15) is 16.6 Å². The molecule has 0 fully saturated rings. The lowest BCUT2D eigenvalue weighted by atomic mass is 9.67. The minimum atomic E-state index is -1.35. The van der Waals surface area contributed by atoms with Gasteiger partial charge in [-0.05, 0) is 109 Å². The number of carbonyl (C=O) groups is 5. The van der Waals surface area contributed by atoms with Crippen LogP contribution in [0, 0.1) is 50.9 Å². The summed E-state index contributed by atoms with van der Waals surface area (Å²) in [6, 6.07) is 7.77. The van der Waals surface area contributed by atoms with Crippen LogP contribution in [0.1, 0.15) is 101 Å². The van der Waals surface area contributed by atoms with Crippen LogP contribution in [0.5, 0.6) is 0 Å². The molecule has 2 atom stereocenters. The zero-order chi connectivity index (χ0) is 32.1. The van der Waals surface area contributed by atoms with Gasteiger partial charge in [0.25, 0.3) is 0 Å². The lowest BCUT2D eigenvalue weighted by Crippen LogP contribution is -2.45. The van der Waals surface area contributed by atoms with Crippen molar-refractivity contribution in [2.45, 2.75) is 87.0 Å². The molecule has 0 spiro atoms. The number of fused-ring (bicyclic) bond motifs is 2. The number of rotatable bonds is 7. The van der Waals surface area contributed by atoms with Crippen molar-refractivity contribution < 1.29 is 33.4 Å². The molecule has 0 unspecified atom stereocenters. The Bertz CT molecular complexity index is 1510. The number of ether oxygens (including phenoxy) is 2. The molecule has 0 aliphatic heterocycles. The molecule has 0 radical (unpaired) electrons. The van der Waals surface area contributed by atoms with Gasteiger partial charge < -0.3 is 9.47 Å². The van der Waals surface area contributed by atoms with Crippen LogP contribution in [0.2, 0.25) is 0 Å². The topological polar surface area (TPSA) is 104 Å². The minimum absolute atomic E-state index is 0.0862. The van der Waals surface area contributed by atoms with Crippen LogP contribution in [0.3, 0.4) is 0 Å². The first-order valence-corrected chi connectivity index (χ1v) is 14.8. The molecule has 228 valence electrons. The zero-order valence-corrected chi connectivity index (χ0v) is 26.4. The highest BCUT2D eigenvalue weighted by atomic mass is 16.5. The van der Waals surface area contributed by atoms with Gasteiger partial charge in [-0.3, -0.25) is 24.0 Å². The van der Waals surface area contributed by atoms with Gasteiger partial charge in [-0.15, -0.1) is 12.3 Å². The SMILES string of the molecule is C#CC[C@]1(C(=O)OCC)CCc2c(C)cc(C)cc2C1=O.CCOC(=O)[C@]1(CC(C)=O)CCc2c(C)cc(C)cc2C1=O. The van der Waals surface area contributed by atoms with Crippen molar-refractivity contribution in [1.82, 2.24) is 0 Å². The molecule has 2 aliphatic carbocycles. The maximum Gasteiger partial charge on any atom is 0.321 e. The molecule has 0 aromatic heterocycles. The normalized spacial score (nSPS) is 20.5. The van der Waals surface area contributed by atoms with E-state index in [9.17, 15) is 24.0 Å². The Balaban J connectivity index is 0.000000236. The molecule has 0 amide bonds. The van der Waals surface area contributed by atoms with E-state index in [-0.39, 0.29) is 43.4 Å². The largest absolute Gasteiger partial charge is 0.465 e. The van der Waals surface area contributed by atoms with E-state index in [2.05, 4.69) is 12.0 Å². The molecule has 0 bridgehead atoms. The Morgan fingerprint density at radius 1 is 0.767 bits per heavy atom. The average molecular weight is 587 g/mol. The Morgan fingerprint density at radius 2 is 1.19 bits per heavy atom. The number of hydrogen-bond donors (Lipinski definition) is 0. The molecule has 2 aliphatic rings. The van der Waals surface area contributed by atoms with Crippen molar-refractivity contribution in [3.63, 3.8) is 0 Å². The van der Waals surface area contributed by atoms with Crippen LogP contribution in [0.25, 0.3) is 0 Å². The smallest absolute Gasteiger partial charge is 0.321 e. The van der Waals surface area contributed by atoms with Crippen LogP contribution in [-0.4, -0.2) is 42.5 Å². The van der Waals surface area contributed by atoms with Crippen LogP contribution in [-0.2, 0) is 36.7 Å². The monoisotopic (exact) mass is 586 g/mol. The first-order valence-electron chi connectivity index (χ1n) is 14.8. The van der Waals surface area contributed by atoms with Gasteiger partial charge in [-0.25, -0.2) is 0 Å². The average Bonchev–Trinajstić information content (AvgIpc) is 2.93. The summed E-state index contributed by atoms with van der Waals surface area (Å²) in [5.74, 6) is 0.799. The first-order chi connectivity index (χ1) is 20.3. The standard InChI is InChI=1S/C18H22O4.C18H20O3/c1-5-22-17(21)18(10-13(4)19)7-6-14-12(3)8-11(2)9-15(14)16(18)20;1-5-8-18(17(20)21-6-2)9-7-14-13(4)10-12(3)11-15(14)16(18)19/h8-9H,5-7,10H2,1-4H3;1,10-11H,6-9H2,2-4H3/t2*18-/m00/s1. The lowest BCUT2D eigenvalue weighted by molar-refractivity contribution is -0.155. The molecule has 43 heavy (non-hydrogen) atoms. The quantitative estimate of drug-likeness (QED) is 0.224. The summed E-state index contributed by atoms with van der Waals surface area (Å²) in [6.07, 6.45) is 7.46. The van der Waals surface area contributed by atoms with E-state index in [1.807, 2.05) is 45.9 Å². The Labute approximate surface area is 254 Å². The fourth-order valence-corrected chi connectivity index (χ4v) is 6.49. The molecule has 0 saturated heterocycles. The van der Waals surface area contributed by atoms with Crippen LogP contribution in [0.15, 0.2) is 24.3 Å². The summed E-state index contributed by atoms with van der Waals surface area (Å²) in [4.78, 5) is 62.5. The maximum atomic E-state index is 13.0. The molecule has 0 saturated carbocycles. The van der Waals surface area contributed by atoms with Gasteiger partial charge in [-0.2, -0.15) is 0 Å². The van der Waals surface area contributed by atoms with Crippen molar-refractivity contribution in [2.24, 2.45) is 10.8 Å². The van der Waals surface area contributed by atoms with E-state index >= 15 is 0 Å². The summed E-state index contributed by atoms with van der Waals surface area (Å²) >= 11 is 0.